The van der Waals surface area contributed by atoms with Crippen molar-refractivity contribution in [2.24, 2.45) is 0 Å². The van der Waals surface area contributed by atoms with E-state index in [1.54, 1.807) is 6.07 Å². The number of carbonyl (C=O) groups is 3. The number of sulfonamides is 1. The smallest absolute Gasteiger partial charge is 0.264 e. The number of hydrogen-bond donors (Lipinski definition) is 2. The second-order valence-electron chi connectivity index (χ2n) is 7.53. The first kappa shape index (κ1) is 23.1. The summed E-state index contributed by atoms with van der Waals surface area (Å²) in [6, 6.07) is 11.5. The highest BCUT2D eigenvalue weighted by atomic mass is 32.2. The molecule has 11 heteroatoms. The van der Waals surface area contributed by atoms with Crippen molar-refractivity contribution in [1.82, 2.24) is 14.9 Å². The van der Waals surface area contributed by atoms with Crippen LogP contribution in [0.3, 0.4) is 0 Å². The zero-order chi connectivity index (χ0) is 24.3. The Bertz CT molecular complexity index is 1360. The van der Waals surface area contributed by atoms with E-state index in [4.69, 9.17) is 0 Å². The average molecular weight is 480 g/mol. The van der Waals surface area contributed by atoms with Gasteiger partial charge in [-0.05, 0) is 55.0 Å². The van der Waals surface area contributed by atoms with Crippen LogP contribution in [-0.2, 0) is 10.0 Å². The molecular weight excluding hydrogens is 458 g/mol. The number of amides is 3. The molecule has 0 saturated heterocycles. The number of rotatable bonds is 8. The van der Waals surface area contributed by atoms with Gasteiger partial charge in [-0.15, -0.1) is 0 Å². The first-order chi connectivity index (χ1) is 16.3. The molecule has 0 aliphatic carbocycles. The molecule has 3 aromatic rings. The molecule has 1 aliphatic rings. The predicted octanol–water partition coefficient (Wildman–Crippen LogP) is 2.93. The molecule has 2 N–H and O–H groups in total. The van der Waals surface area contributed by atoms with Gasteiger partial charge >= 0.3 is 0 Å². The second-order valence-corrected chi connectivity index (χ2v) is 9.21. The Balaban J connectivity index is 1.46. The van der Waals surface area contributed by atoms with Crippen molar-refractivity contribution in [2.45, 2.75) is 24.7 Å². The van der Waals surface area contributed by atoms with E-state index in [0.717, 1.165) is 6.42 Å². The minimum absolute atomic E-state index is 0.0354. The summed E-state index contributed by atoms with van der Waals surface area (Å²) >= 11 is 0. The van der Waals surface area contributed by atoms with Crippen molar-refractivity contribution in [3.05, 3.63) is 77.6 Å². The summed E-state index contributed by atoms with van der Waals surface area (Å²) < 4.78 is 27.2. The summed E-state index contributed by atoms with van der Waals surface area (Å²) in [4.78, 5) is 46.6. The number of aromatic nitrogens is 2. The lowest BCUT2D eigenvalue weighted by Gasteiger charge is -2.12. The topological polar surface area (TPSA) is 138 Å². The molecule has 3 amide bonds. The molecule has 34 heavy (non-hydrogen) atoms. The third-order valence-electron chi connectivity index (χ3n) is 5.18. The van der Waals surface area contributed by atoms with Gasteiger partial charge in [-0.1, -0.05) is 13.3 Å². The molecule has 4 rings (SSSR count). The standard InChI is InChI=1S/C23H21N5O5S/c1-2-3-13-28-21(30)18-10-5-15(14-19(18)22(28)31)20(29)26-16-6-8-17(9-7-16)34(32,33)27-23-24-11-4-12-25-23/h4-12,14H,2-3,13H2,1H3,(H,26,29)(H,24,25,27). The Morgan fingerprint density at radius 1 is 0.971 bits per heavy atom. The van der Waals surface area contributed by atoms with Crippen molar-refractivity contribution >= 4 is 39.4 Å². The van der Waals surface area contributed by atoms with Crippen molar-refractivity contribution < 1.29 is 22.8 Å². The van der Waals surface area contributed by atoms with Crippen molar-refractivity contribution in [3.8, 4) is 0 Å². The molecule has 0 atom stereocenters. The van der Waals surface area contributed by atoms with Crippen LogP contribution >= 0.6 is 0 Å². The van der Waals surface area contributed by atoms with Gasteiger partial charge in [-0.2, -0.15) is 0 Å². The van der Waals surface area contributed by atoms with Gasteiger partial charge in [0.25, 0.3) is 27.7 Å². The molecule has 2 aromatic carbocycles. The SMILES string of the molecule is CCCCN1C(=O)c2ccc(C(=O)Nc3ccc(S(=O)(=O)Nc4ncccn4)cc3)cc2C1=O. The third kappa shape index (κ3) is 4.64. The monoisotopic (exact) mass is 479 g/mol. The Morgan fingerprint density at radius 3 is 2.32 bits per heavy atom. The van der Waals surface area contributed by atoms with Crippen molar-refractivity contribution in [2.75, 3.05) is 16.6 Å². The van der Waals surface area contributed by atoms with Crippen LogP contribution in [0, 0.1) is 0 Å². The Morgan fingerprint density at radius 2 is 1.65 bits per heavy atom. The number of anilines is 2. The third-order valence-corrected chi connectivity index (χ3v) is 6.53. The fourth-order valence-corrected chi connectivity index (χ4v) is 4.36. The van der Waals surface area contributed by atoms with Crippen LogP contribution in [0.2, 0.25) is 0 Å². The van der Waals surface area contributed by atoms with Crippen LogP contribution in [0.1, 0.15) is 50.8 Å². The number of hydrogen-bond acceptors (Lipinski definition) is 7. The highest BCUT2D eigenvalue weighted by Crippen LogP contribution is 2.25. The van der Waals surface area contributed by atoms with Gasteiger partial charge < -0.3 is 5.32 Å². The van der Waals surface area contributed by atoms with Crippen LogP contribution in [0.25, 0.3) is 0 Å². The summed E-state index contributed by atoms with van der Waals surface area (Å²) in [5, 5.41) is 2.66. The van der Waals surface area contributed by atoms with E-state index in [0.29, 0.717) is 18.7 Å². The summed E-state index contributed by atoms with van der Waals surface area (Å²) in [5.74, 6) is -1.32. The first-order valence-electron chi connectivity index (χ1n) is 10.5. The highest BCUT2D eigenvalue weighted by molar-refractivity contribution is 7.92. The second kappa shape index (κ2) is 9.40. The van der Waals surface area contributed by atoms with Crippen LogP contribution in [-0.4, -0.2) is 47.6 Å². The van der Waals surface area contributed by atoms with E-state index in [9.17, 15) is 22.8 Å². The number of benzene rings is 2. The van der Waals surface area contributed by atoms with Gasteiger partial charge in [-0.3, -0.25) is 19.3 Å². The maximum Gasteiger partial charge on any atom is 0.264 e. The lowest BCUT2D eigenvalue weighted by atomic mass is 10.1. The Labute approximate surface area is 196 Å². The lowest BCUT2D eigenvalue weighted by Crippen LogP contribution is -2.30. The van der Waals surface area contributed by atoms with E-state index < -0.39 is 21.8 Å². The van der Waals surface area contributed by atoms with Gasteiger partial charge in [0.2, 0.25) is 5.95 Å². The largest absolute Gasteiger partial charge is 0.322 e. The number of nitrogens with one attached hydrogen (secondary N) is 2. The van der Waals surface area contributed by atoms with Gasteiger partial charge in [-0.25, -0.2) is 23.1 Å². The van der Waals surface area contributed by atoms with Gasteiger partial charge in [0.15, 0.2) is 0 Å². The summed E-state index contributed by atoms with van der Waals surface area (Å²) in [6.07, 6.45) is 4.37. The van der Waals surface area contributed by atoms with Crippen molar-refractivity contribution in [1.29, 1.82) is 0 Å². The van der Waals surface area contributed by atoms with E-state index in [2.05, 4.69) is 20.0 Å². The number of carbonyl (C=O) groups excluding carboxylic acids is 3. The Hall–Kier alpha value is -4.12. The van der Waals surface area contributed by atoms with Crippen LogP contribution in [0.5, 0.6) is 0 Å². The van der Waals surface area contributed by atoms with E-state index >= 15 is 0 Å². The zero-order valence-electron chi connectivity index (χ0n) is 18.2. The van der Waals surface area contributed by atoms with Crippen LogP contribution in [0.4, 0.5) is 11.6 Å². The molecule has 0 fully saturated rings. The molecule has 10 nitrogen and oxygen atoms in total. The van der Waals surface area contributed by atoms with E-state index in [1.807, 2.05) is 6.92 Å². The van der Waals surface area contributed by atoms with Gasteiger partial charge in [0.1, 0.15) is 0 Å². The fraction of sp³-hybridized carbons (Fsp3) is 0.174. The highest BCUT2D eigenvalue weighted by Gasteiger charge is 2.35. The normalized spacial score (nSPS) is 13.0. The minimum atomic E-state index is -3.90. The molecular formula is C23H21N5O5S. The molecule has 174 valence electrons. The van der Waals surface area contributed by atoms with Crippen LogP contribution < -0.4 is 10.0 Å². The number of nitrogens with zero attached hydrogens (tertiary/aromatic N) is 3. The molecule has 1 aliphatic heterocycles. The molecule has 2 heterocycles. The van der Waals surface area contributed by atoms with Crippen LogP contribution in [0.15, 0.2) is 65.8 Å². The molecule has 0 spiro atoms. The number of fused-ring (bicyclic) bond motifs is 1. The zero-order valence-corrected chi connectivity index (χ0v) is 19.0. The van der Waals surface area contributed by atoms with Gasteiger partial charge in [0, 0.05) is 30.2 Å². The number of imide groups is 1. The van der Waals surface area contributed by atoms with E-state index in [1.165, 1.54) is 59.8 Å². The fourth-order valence-electron chi connectivity index (χ4n) is 3.40. The van der Waals surface area contributed by atoms with E-state index in [-0.39, 0.29) is 33.4 Å². The van der Waals surface area contributed by atoms with Gasteiger partial charge in [0.05, 0.1) is 16.0 Å². The summed E-state index contributed by atoms with van der Waals surface area (Å²) in [5.41, 5.74) is 1.04. The quantitative estimate of drug-likeness (QED) is 0.474. The predicted molar refractivity (Wildman–Crippen MR) is 124 cm³/mol. The summed E-state index contributed by atoms with van der Waals surface area (Å²) in [6.45, 7) is 2.31. The average Bonchev–Trinajstić information content (AvgIpc) is 3.07. The molecule has 0 saturated carbocycles. The lowest BCUT2D eigenvalue weighted by molar-refractivity contribution is 0.0652. The minimum Gasteiger partial charge on any atom is -0.322 e. The maximum absolute atomic E-state index is 12.7. The molecule has 1 aromatic heterocycles. The Kier molecular flexibility index (Phi) is 6.37. The summed E-state index contributed by atoms with van der Waals surface area (Å²) in [7, 11) is -3.90. The first-order valence-corrected chi connectivity index (χ1v) is 12.0. The molecule has 0 radical (unpaired) electrons. The maximum atomic E-state index is 12.7. The van der Waals surface area contributed by atoms with Crippen molar-refractivity contribution in [3.63, 3.8) is 0 Å². The molecule has 0 bridgehead atoms. The number of unbranched alkanes of at least 4 members (excludes halogenated alkanes) is 1. The molecule has 0 unspecified atom stereocenters.